The summed E-state index contributed by atoms with van der Waals surface area (Å²) < 4.78 is 0. The summed E-state index contributed by atoms with van der Waals surface area (Å²) in [6.45, 7) is 4.30. The number of hydrogen-bond acceptors (Lipinski definition) is 1. The van der Waals surface area contributed by atoms with E-state index in [0.29, 0.717) is 0 Å². The lowest BCUT2D eigenvalue weighted by molar-refractivity contribution is 0.546. The fourth-order valence-electron chi connectivity index (χ4n) is 2.33. The van der Waals surface area contributed by atoms with E-state index >= 15 is 0 Å². The molecule has 0 amide bonds. The van der Waals surface area contributed by atoms with Gasteiger partial charge in [0.1, 0.15) is 0 Å². The number of nitrogens with two attached hydrogens (primary N) is 1. The lowest BCUT2D eigenvalue weighted by Gasteiger charge is -2.15. The molecule has 1 atom stereocenters. The molecular weight excluding hydrogens is 242 g/mol. The highest BCUT2D eigenvalue weighted by Crippen LogP contribution is 2.26. The van der Waals surface area contributed by atoms with Crippen LogP contribution in [0.25, 0.3) is 0 Å². The lowest BCUT2D eigenvalue weighted by Crippen LogP contribution is -2.11. The van der Waals surface area contributed by atoms with E-state index in [2.05, 4.69) is 19.9 Å². The van der Waals surface area contributed by atoms with Crippen LogP contribution in [0.3, 0.4) is 0 Å². The first-order valence-electron chi connectivity index (χ1n) is 7.17. The Labute approximate surface area is 117 Å². The van der Waals surface area contributed by atoms with Crippen molar-refractivity contribution >= 4 is 11.6 Å². The fraction of sp³-hybridized carbons (Fsp3) is 0.625. The topological polar surface area (TPSA) is 26.0 Å². The van der Waals surface area contributed by atoms with Crippen LogP contribution >= 0.6 is 11.6 Å². The molecule has 0 bridgehead atoms. The van der Waals surface area contributed by atoms with Crippen LogP contribution in [-0.4, -0.2) is 0 Å². The Kier molecular flexibility index (Phi) is 7.38. The molecule has 0 spiro atoms. The minimum Gasteiger partial charge on any atom is -0.324 e. The molecule has 1 aromatic rings. The van der Waals surface area contributed by atoms with E-state index in [1.165, 1.54) is 44.1 Å². The first-order valence-corrected chi connectivity index (χ1v) is 7.55. The summed E-state index contributed by atoms with van der Waals surface area (Å²) >= 11 is 6.12. The van der Waals surface area contributed by atoms with Crippen molar-refractivity contribution in [2.75, 3.05) is 0 Å². The third-order valence-corrected chi connectivity index (χ3v) is 3.99. The minimum absolute atomic E-state index is 0.134. The molecule has 0 aliphatic heterocycles. The molecule has 1 rings (SSSR count). The number of rotatable bonds is 8. The molecule has 102 valence electrons. The molecule has 0 fully saturated rings. The van der Waals surface area contributed by atoms with Crippen LogP contribution in [-0.2, 0) is 0 Å². The van der Waals surface area contributed by atoms with Crippen LogP contribution in [0.4, 0.5) is 0 Å². The van der Waals surface area contributed by atoms with Gasteiger partial charge in [0.05, 0.1) is 0 Å². The van der Waals surface area contributed by atoms with E-state index in [1.807, 2.05) is 12.1 Å². The SMILES string of the molecule is CCCCCCCCC(N)c1cccc(Cl)c1C. The third-order valence-electron chi connectivity index (χ3n) is 3.58. The number of benzene rings is 1. The molecule has 0 aromatic heterocycles. The fourth-order valence-corrected chi connectivity index (χ4v) is 2.51. The van der Waals surface area contributed by atoms with Crippen LogP contribution in [0.5, 0.6) is 0 Å². The van der Waals surface area contributed by atoms with Crippen LogP contribution in [0.2, 0.25) is 5.02 Å². The van der Waals surface area contributed by atoms with Crippen molar-refractivity contribution < 1.29 is 0 Å². The summed E-state index contributed by atoms with van der Waals surface area (Å²) in [5.74, 6) is 0. The van der Waals surface area contributed by atoms with Crippen molar-refractivity contribution in [1.82, 2.24) is 0 Å². The third kappa shape index (κ3) is 4.99. The standard InChI is InChI=1S/C16H26ClN/c1-3-4-5-6-7-8-12-16(18)14-10-9-11-15(17)13(14)2/h9-11,16H,3-8,12,18H2,1-2H3. The van der Waals surface area contributed by atoms with Crippen LogP contribution < -0.4 is 5.73 Å². The van der Waals surface area contributed by atoms with Crippen molar-refractivity contribution in [3.63, 3.8) is 0 Å². The van der Waals surface area contributed by atoms with E-state index in [0.717, 1.165) is 17.0 Å². The van der Waals surface area contributed by atoms with Gasteiger partial charge in [-0.1, -0.05) is 69.2 Å². The van der Waals surface area contributed by atoms with Crippen molar-refractivity contribution in [2.24, 2.45) is 5.73 Å². The maximum atomic E-state index is 6.25. The molecular formula is C16H26ClN. The maximum absolute atomic E-state index is 6.25. The first kappa shape index (κ1) is 15.5. The van der Waals surface area contributed by atoms with Gasteiger partial charge in [0.2, 0.25) is 0 Å². The van der Waals surface area contributed by atoms with Gasteiger partial charge >= 0.3 is 0 Å². The second-order valence-corrected chi connectivity index (χ2v) is 5.52. The molecule has 2 N–H and O–H groups in total. The molecule has 1 aromatic carbocycles. The van der Waals surface area contributed by atoms with Gasteiger partial charge in [-0.3, -0.25) is 0 Å². The van der Waals surface area contributed by atoms with Gasteiger partial charge in [-0.05, 0) is 30.5 Å². The predicted molar refractivity (Wildman–Crippen MR) is 81.1 cm³/mol. The van der Waals surface area contributed by atoms with Gasteiger partial charge in [0, 0.05) is 11.1 Å². The zero-order valence-corrected chi connectivity index (χ0v) is 12.5. The molecule has 1 nitrogen and oxygen atoms in total. The van der Waals surface area contributed by atoms with E-state index in [4.69, 9.17) is 17.3 Å². The minimum atomic E-state index is 0.134. The first-order chi connectivity index (χ1) is 8.66. The summed E-state index contributed by atoms with van der Waals surface area (Å²) in [4.78, 5) is 0. The predicted octanol–water partition coefficient (Wildman–Crippen LogP) is 5.40. The van der Waals surface area contributed by atoms with Gasteiger partial charge in [-0.2, -0.15) is 0 Å². The van der Waals surface area contributed by atoms with Gasteiger partial charge in [-0.15, -0.1) is 0 Å². The van der Waals surface area contributed by atoms with Gasteiger partial charge in [-0.25, -0.2) is 0 Å². The smallest absolute Gasteiger partial charge is 0.0438 e. The highest BCUT2D eigenvalue weighted by molar-refractivity contribution is 6.31. The quantitative estimate of drug-likeness (QED) is 0.627. The van der Waals surface area contributed by atoms with E-state index in [-0.39, 0.29) is 6.04 Å². The summed E-state index contributed by atoms with van der Waals surface area (Å²) in [6.07, 6.45) is 8.95. The second-order valence-electron chi connectivity index (χ2n) is 5.12. The number of halogens is 1. The zero-order chi connectivity index (χ0) is 13.4. The van der Waals surface area contributed by atoms with Crippen molar-refractivity contribution in [1.29, 1.82) is 0 Å². The summed E-state index contributed by atoms with van der Waals surface area (Å²) in [7, 11) is 0. The van der Waals surface area contributed by atoms with Crippen molar-refractivity contribution in [3.05, 3.63) is 34.3 Å². The Hall–Kier alpha value is -0.530. The highest BCUT2D eigenvalue weighted by atomic mass is 35.5. The zero-order valence-electron chi connectivity index (χ0n) is 11.7. The van der Waals surface area contributed by atoms with E-state index < -0.39 is 0 Å². The molecule has 18 heavy (non-hydrogen) atoms. The number of hydrogen-bond donors (Lipinski definition) is 1. The summed E-state index contributed by atoms with van der Waals surface area (Å²) in [5, 5.41) is 0.825. The molecule has 0 aliphatic carbocycles. The Morgan fingerprint density at radius 2 is 1.78 bits per heavy atom. The monoisotopic (exact) mass is 267 g/mol. The van der Waals surface area contributed by atoms with Crippen molar-refractivity contribution in [2.45, 2.75) is 64.8 Å². The van der Waals surface area contributed by atoms with Gasteiger partial charge in [0.15, 0.2) is 0 Å². The molecule has 0 radical (unpaired) electrons. The highest BCUT2D eigenvalue weighted by Gasteiger charge is 2.10. The Morgan fingerprint density at radius 1 is 1.11 bits per heavy atom. The van der Waals surface area contributed by atoms with Crippen LogP contribution in [0.1, 0.15) is 69.0 Å². The van der Waals surface area contributed by atoms with Crippen LogP contribution in [0.15, 0.2) is 18.2 Å². The normalized spacial score (nSPS) is 12.7. The molecule has 0 saturated heterocycles. The Bertz CT molecular complexity index is 349. The molecule has 2 heteroatoms. The van der Waals surface area contributed by atoms with E-state index in [1.54, 1.807) is 0 Å². The molecule has 0 aliphatic rings. The van der Waals surface area contributed by atoms with Gasteiger partial charge in [0.25, 0.3) is 0 Å². The largest absolute Gasteiger partial charge is 0.324 e. The summed E-state index contributed by atoms with van der Waals surface area (Å²) in [6, 6.07) is 6.15. The number of unbranched alkanes of at least 4 members (excludes halogenated alkanes) is 5. The molecule has 0 heterocycles. The second kappa shape index (κ2) is 8.55. The average molecular weight is 268 g/mol. The van der Waals surface area contributed by atoms with Gasteiger partial charge < -0.3 is 5.73 Å². The van der Waals surface area contributed by atoms with Crippen LogP contribution in [0, 0.1) is 6.92 Å². The molecule has 1 unspecified atom stereocenters. The average Bonchev–Trinajstić information content (AvgIpc) is 2.36. The Morgan fingerprint density at radius 3 is 2.50 bits per heavy atom. The van der Waals surface area contributed by atoms with E-state index in [9.17, 15) is 0 Å². The summed E-state index contributed by atoms with van der Waals surface area (Å²) in [5.41, 5.74) is 8.59. The Balaban J connectivity index is 2.32. The lowest BCUT2D eigenvalue weighted by atomic mass is 9.97. The maximum Gasteiger partial charge on any atom is 0.0438 e. The molecule has 0 saturated carbocycles. The van der Waals surface area contributed by atoms with Crippen molar-refractivity contribution in [3.8, 4) is 0 Å².